The zero-order valence-corrected chi connectivity index (χ0v) is 18.8. The average Bonchev–Trinajstić information content (AvgIpc) is 2.58. The number of rotatable bonds is 3. The summed E-state index contributed by atoms with van der Waals surface area (Å²) in [5, 5.41) is 12.0. The van der Waals surface area contributed by atoms with Crippen LogP contribution < -0.4 is 0 Å². The fourth-order valence-electron chi connectivity index (χ4n) is 7.35. The predicted molar refractivity (Wildman–Crippen MR) is 114 cm³/mol. The van der Waals surface area contributed by atoms with Crippen LogP contribution in [-0.4, -0.2) is 22.8 Å². The van der Waals surface area contributed by atoms with Crippen LogP contribution in [-0.2, 0) is 9.53 Å². The van der Waals surface area contributed by atoms with E-state index in [2.05, 4.69) is 34.3 Å². The Balaban J connectivity index is 2.05. The van der Waals surface area contributed by atoms with Crippen molar-refractivity contribution < 1.29 is 14.6 Å². The third-order valence-corrected chi connectivity index (χ3v) is 8.69. The van der Waals surface area contributed by atoms with E-state index in [0.717, 1.165) is 25.7 Å². The summed E-state index contributed by atoms with van der Waals surface area (Å²) in [5.74, 6) is 0.292. The summed E-state index contributed by atoms with van der Waals surface area (Å²) in [6, 6.07) is 0. The highest BCUT2D eigenvalue weighted by Crippen LogP contribution is 2.66. The van der Waals surface area contributed by atoms with Crippen molar-refractivity contribution in [2.45, 2.75) is 98.2 Å². The van der Waals surface area contributed by atoms with E-state index < -0.39 is 5.60 Å². The molecule has 0 aliphatic heterocycles. The number of fused-ring (bicyclic) bond motifs is 3. The average molecular weight is 389 g/mol. The first-order chi connectivity index (χ1) is 12.9. The Morgan fingerprint density at radius 1 is 1.18 bits per heavy atom. The fraction of sp³-hybridized carbons (Fsp3) is 0.800. The fourth-order valence-corrected chi connectivity index (χ4v) is 7.35. The molecule has 1 N–H and O–H groups in total. The standard InChI is InChI=1S/C25H40O3/c1-8-17(3)21(26)28-18-15-23(6,9-2)16-25(27)14-11-19-22(4,5)12-10-13-24(19,7)20(18)25/h8-9,18-20,27H,2,10-16H2,1,3-7H3. The third-order valence-electron chi connectivity index (χ3n) is 8.69. The minimum Gasteiger partial charge on any atom is -0.459 e. The normalized spacial score (nSPS) is 45.5. The molecule has 6 atom stereocenters. The predicted octanol–water partition coefficient (Wildman–Crippen LogP) is 5.82. The number of carbonyl (C=O) groups is 1. The summed E-state index contributed by atoms with van der Waals surface area (Å²) >= 11 is 0. The second-order valence-corrected chi connectivity index (χ2v) is 11.2. The van der Waals surface area contributed by atoms with Crippen LogP contribution in [0.2, 0.25) is 0 Å². The highest BCUT2D eigenvalue weighted by Gasteiger charge is 2.65. The lowest BCUT2D eigenvalue weighted by atomic mass is 9.41. The second-order valence-electron chi connectivity index (χ2n) is 11.2. The van der Waals surface area contributed by atoms with Crippen LogP contribution in [0.25, 0.3) is 0 Å². The summed E-state index contributed by atoms with van der Waals surface area (Å²) in [6.45, 7) is 17.0. The molecule has 3 fully saturated rings. The van der Waals surface area contributed by atoms with Gasteiger partial charge in [0.05, 0.1) is 5.60 Å². The number of allylic oxidation sites excluding steroid dienone is 2. The van der Waals surface area contributed by atoms with Gasteiger partial charge in [-0.1, -0.05) is 46.3 Å². The first-order valence-corrected chi connectivity index (χ1v) is 11.1. The third kappa shape index (κ3) is 3.38. The van der Waals surface area contributed by atoms with Crippen molar-refractivity contribution in [3.63, 3.8) is 0 Å². The number of carbonyl (C=O) groups excluding carboxylic acids is 1. The molecular weight excluding hydrogens is 348 g/mol. The molecule has 3 heteroatoms. The minimum absolute atomic E-state index is 0.00791. The first-order valence-electron chi connectivity index (χ1n) is 11.1. The van der Waals surface area contributed by atoms with Crippen molar-refractivity contribution in [1.29, 1.82) is 0 Å². The Morgan fingerprint density at radius 3 is 2.46 bits per heavy atom. The topological polar surface area (TPSA) is 46.5 Å². The van der Waals surface area contributed by atoms with E-state index in [0.29, 0.717) is 17.9 Å². The van der Waals surface area contributed by atoms with Gasteiger partial charge in [-0.3, -0.25) is 0 Å². The number of hydrogen-bond acceptors (Lipinski definition) is 3. The van der Waals surface area contributed by atoms with Crippen LogP contribution in [0.15, 0.2) is 24.3 Å². The van der Waals surface area contributed by atoms with E-state index in [9.17, 15) is 9.90 Å². The van der Waals surface area contributed by atoms with Crippen molar-refractivity contribution in [2.24, 2.45) is 28.1 Å². The molecule has 0 bridgehead atoms. The number of hydrogen-bond donors (Lipinski definition) is 1. The van der Waals surface area contributed by atoms with Crippen LogP contribution in [0.5, 0.6) is 0 Å². The molecule has 3 saturated carbocycles. The summed E-state index contributed by atoms with van der Waals surface area (Å²) in [7, 11) is 0. The van der Waals surface area contributed by atoms with E-state index in [1.165, 1.54) is 12.8 Å². The van der Waals surface area contributed by atoms with E-state index in [1.807, 2.05) is 13.0 Å². The quantitative estimate of drug-likeness (QED) is 0.376. The van der Waals surface area contributed by atoms with Crippen molar-refractivity contribution in [3.05, 3.63) is 24.3 Å². The van der Waals surface area contributed by atoms with Gasteiger partial charge in [-0.05, 0) is 74.5 Å². The zero-order valence-electron chi connectivity index (χ0n) is 18.8. The molecule has 28 heavy (non-hydrogen) atoms. The maximum absolute atomic E-state index is 12.7. The van der Waals surface area contributed by atoms with E-state index in [1.54, 1.807) is 13.0 Å². The van der Waals surface area contributed by atoms with Crippen molar-refractivity contribution >= 4 is 5.97 Å². The van der Waals surface area contributed by atoms with E-state index in [4.69, 9.17) is 4.74 Å². The van der Waals surface area contributed by atoms with Crippen molar-refractivity contribution in [1.82, 2.24) is 0 Å². The minimum atomic E-state index is -0.797. The maximum Gasteiger partial charge on any atom is 0.333 e. The molecule has 0 aromatic rings. The largest absolute Gasteiger partial charge is 0.459 e. The number of ether oxygens (including phenoxy) is 1. The lowest BCUT2D eigenvalue weighted by Crippen LogP contribution is -2.66. The molecule has 0 radical (unpaired) electrons. The van der Waals surface area contributed by atoms with E-state index >= 15 is 0 Å². The summed E-state index contributed by atoms with van der Waals surface area (Å²) in [4.78, 5) is 12.7. The summed E-state index contributed by atoms with van der Waals surface area (Å²) < 4.78 is 6.14. The lowest BCUT2D eigenvalue weighted by Gasteiger charge is -2.66. The second kappa shape index (κ2) is 7.00. The van der Waals surface area contributed by atoms with Crippen LogP contribution in [0, 0.1) is 28.1 Å². The molecule has 0 heterocycles. The molecule has 0 amide bonds. The van der Waals surface area contributed by atoms with Crippen molar-refractivity contribution in [2.75, 3.05) is 0 Å². The Hall–Kier alpha value is -1.09. The SMILES string of the molecule is C=CC1(C)CC(OC(=O)C(C)=CC)C2C(O)(CCC3C(C)(C)CCCC32C)C1. The molecule has 0 aromatic carbocycles. The van der Waals surface area contributed by atoms with Gasteiger partial charge >= 0.3 is 5.97 Å². The molecule has 6 unspecified atom stereocenters. The Bertz CT molecular complexity index is 677. The van der Waals surface area contributed by atoms with Gasteiger partial charge in [-0.15, -0.1) is 6.58 Å². The molecular formula is C25H40O3. The van der Waals surface area contributed by atoms with E-state index in [-0.39, 0.29) is 34.2 Å². The highest BCUT2D eigenvalue weighted by atomic mass is 16.5. The molecule has 3 rings (SSSR count). The number of esters is 1. The van der Waals surface area contributed by atoms with Gasteiger partial charge in [0.15, 0.2) is 0 Å². The van der Waals surface area contributed by atoms with Gasteiger partial charge in [0.2, 0.25) is 0 Å². The summed E-state index contributed by atoms with van der Waals surface area (Å²) in [5.41, 5.74) is -0.119. The van der Waals surface area contributed by atoms with Gasteiger partial charge in [0, 0.05) is 11.5 Å². The molecule has 0 aromatic heterocycles. The molecule has 3 aliphatic carbocycles. The summed E-state index contributed by atoms with van der Waals surface area (Å²) in [6.07, 6.45) is 10.3. The molecule has 3 nitrogen and oxygen atoms in total. The van der Waals surface area contributed by atoms with Crippen molar-refractivity contribution in [3.8, 4) is 0 Å². The molecule has 158 valence electrons. The van der Waals surface area contributed by atoms with Gasteiger partial charge in [0.1, 0.15) is 6.10 Å². The molecule has 0 spiro atoms. The Morgan fingerprint density at radius 2 is 1.86 bits per heavy atom. The maximum atomic E-state index is 12.7. The molecule has 3 aliphatic rings. The van der Waals surface area contributed by atoms with Gasteiger partial charge in [-0.2, -0.15) is 0 Å². The highest BCUT2D eigenvalue weighted by molar-refractivity contribution is 5.87. The van der Waals surface area contributed by atoms with Crippen LogP contribution in [0.4, 0.5) is 0 Å². The van der Waals surface area contributed by atoms with Crippen LogP contribution in [0.3, 0.4) is 0 Å². The Labute approximate surface area is 171 Å². The smallest absolute Gasteiger partial charge is 0.333 e. The van der Waals surface area contributed by atoms with Gasteiger partial charge < -0.3 is 9.84 Å². The zero-order chi connectivity index (χ0) is 21.0. The van der Waals surface area contributed by atoms with Crippen LogP contribution >= 0.6 is 0 Å². The molecule has 0 saturated heterocycles. The first kappa shape index (κ1) is 21.6. The monoisotopic (exact) mass is 388 g/mol. The van der Waals surface area contributed by atoms with Gasteiger partial charge in [-0.25, -0.2) is 4.79 Å². The van der Waals surface area contributed by atoms with Gasteiger partial charge in [0.25, 0.3) is 0 Å². The lowest BCUT2D eigenvalue weighted by molar-refractivity contribution is -0.242. The Kier molecular flexibility index (Phi) is 5.41. The van der Waals surface area contributed by atoms with Crippen LogP contribution in [0.1, 0.15) is 86.5 Å². The number of aliphatic hydroxyl groups is 1.